The van der Waals surface area contributed by atoms with Crippen molar-refractivity contribution in [3.8, 4) is 0 Å². The molecule has 1 aliphatic rings. The maximum atomic E-state index is 11.4. The molecule has 0 aromatic rings. The van der Waals surface area contributed by atoms with Gasteiger partial charge in [0.25, 0.3) is 0 Å². The van der Waals surface area contributed by atoms with E-state index < -0.39 is 10.0 Å². The van der Waals surface area contributed by atoms with Crippen LogP contribution in [0.1, 0.15) is 19.8 Å². The van der Waals surface area contributed by atoms with Crippen LogP contribution in [0.25, 0.3) is 0 Å². The van der Waals surface area contributed by atoms with Gasteiger partial charge in [-0.05, 0) is 25.9 Å². The molecule has 0 spiro atoms. The van der Waals surface area contributed by atoms with Gasteiger partial charge in [0.05, 0.1) is 5.25 Å². The average molecular weight is 192 g/mol. The topological polar surface area (TPSA) is 58.2 Å². The van der Waals surface area contributed by atoms with E-state index in [0.29, 0.717) is 6.54 Å². The van der Waals surface area contributed by atoms with Crippen LogP contribution in [0.15, 0.2) is 0 Å². The van der Waals surface area contributed by atoms with Gasteiger partial charge in [0.1, 0.15) is 0 Å². The second-order valence-electron chi connectivity index (χ2n) is 2.99. The Bertz CT molecular complexity index is 220. The van der Waals surface area contributed by atoms with Crippen LogP contribution in [0.5, 0.6) is 0 Å². The summed E-state index contributed by atoms with van der Waals surface area (Å²) in [4.78, 5) is 0. The number of hydrogen-bond acceptors (Lipinski definition) is 3. The minimum absolute atomic E-state index is 0.182. The van der Waals surface area contributed by atoms with Crippen molar-refractivity contribution in [1.29, 1.82) is 0 Å². The molecule has 0 unspecified atom stereocenters. The summed E-state index contributed by atoms with van der Waals surface area (Å²) < 4.78 is 25.4. The van der Waals surface area contributed by atoms with E-state index in [9.17, 15) is 8.42 Å². The number of piperidine rings is 1. The fourth-order valence-corrected chi connectivity index (χ4v) is 2.92. The minimum Gasteiger partial charge on any atom is -0.317 e. The van der Waals surface area contributed by atoms with Gasteiger partial charge in [0.15, 0.2) is 0 Å². The number of nitrogens with one attached hydrogen (secondary N) is 2. The van der Waals surface area contributed by atoms with Crippen LogP contribution in [0.4, 0.5) is 0 Å². The third-order valence-electron chi connectivity index (χ3n) is 2.07. The minimum atomic E-state index is -3.02. The van der Waals surface area contributed by atoms with Crippen molar-refractivity contribution >= 4 is 10.0 Å². The van der Waals surface area contributed by atoms with Crippen molar-refractivity contribution in [2.24, 2.45) is 0 Å². The second kappa shape index (κ2) is 4.20. The fourth-order valence-electron chi connectivity index (χ4n) is 1.42. The predicted octanol–water partition coefficient (Wildman–Crippen LogP) is -0.322. The van der Waals surface area contributed by atoms with Crippen molar-refractivity contribution in [1.82, 2.24) is 10.0 Å². The highest BCUT2D eigenvalue weighted by molar-refractivity contribution is 7.90. The van der Waals surface area contributed by atoms with Crippen LogP contribution in [0, 0.1) is 0 Å². The highest BCUT2D eigenvalue weighted by Crippen LogP contribution is 2.11. The molecular weight excluding hydrogens is 176 g/mol. The van der Waals surface area contributed by atoms with Crippen molar-refractivity contribution < 1.29 is 8.42 Å². The van der Waals surface area contributed by atoms with Gasteiger partial charge >= 0.3 is 0 Å². The molecule has 5 heteroatoms. The molecule has 72 valence electrons. The Balaban J connectivity index is 2.54. The molecule has 0 radical (unpaired) electrons. The van der Waals surface area contributed by atoms with E-state index >= 15 is 0 Å². The van der Waals surface area contributed by atoms with Crippen LogP contribution < -0.4 is 10.0 Å². The average Bonchev–Trinajstić information content (AvgIpc) is 2.06. The second-order valence-corrected chi connectivity index (χ2v) is 5.04. The van der Waals surface area contributed by atoms with Crippen molar-refractivity contribution in [2.45, 2.75) is 25.0 Å². The van der Waals surface area contributed by atoms with Gasteiger partial charge in [-0.15, -0.1) is 0 Å². The van der Waals surface area contributed by atoms with Gasteiger partial charge in [-0.2, -0.15) is 0 Å². The molecular formula is C7H16N2O2S. The zero-order valence-electron chi connectivity index (χ0n) is 7.34. The first-order valence-corrected chi connectivity index (χ1v) is 5.90. The van der Waals surface area contributed by atoms with E-state index in [-0.39, 0.29) is 5.25 Å². The highest BCUT2D eigenvalue weighted by Gasteiger charge is 2.25. The van der Waals surface area contributed by atoms with Gasteiger partial charge in [-0.3, -0.25) is 0 Å². The lowest BCUT2D eigenvalue weighted by atomic mass is 10.2. The predicted molar refractivity (Wildman–Crippen MR) is 48.5 cm³/mol. The molecule has 0 amide bonds. The van der Waals surface area contributed by atoms with E-state index in [4.69, 9.17) is 0 Å². The Morgan fingerprint density at radius 1 is 1.42 bits per heavy atom. The first-order chi connectivity index (χ1) is 5.67. The van der Waals surface area contributed by atoms with E-state index in [0.717, 1.165) is 25.9 Å². The third-order valence-corrected chi connectivity index (χ3v) is 4.11. The lowest BCUT2D eigenvalue weighted by Crippen LogP contribution is -2.41. The molecule has 0 aliphatic carbocycles. The quantitative estimate of drug-likeness (QED) is 0.644. The molecule has 0 bridgehead atoms. The Morgan fingerprint density at radius 3 is 2.50 bits per heavy atom. The monoisotopic (exact) mass is 192 g/mol. The first-order valence-electron chi connectivity index (χ1n) is 4.36. The van der Waals surface area contributed by atoms with E-state index in [2.05, 4.69) is 10.0 Å². The van der Waals surface area contributed by atoms with Crippen LogP contribution >= 0.6 is 0 Å². The summed E-state index contributed by atoms with van der Waals surface area (Å²) in [7, 11) is -3.02. The van der Waals surface area contributed by atoms with Gasteiger partial charge in [0, 0.05) is 6.54 Å². The summed E-state index contributed by atoms with van der Waals surface area (Å²) in [6.45, 7) is 3.93. The Labute approximate surface area is 73.8 Å². The third kappa shape index (κ3) is 2.43. The largest absolute Gasteiger partial charge is 0.317 e. The molecule has 1 rings (SSSR count). The lowest BCUT2D eigenvalue weighted by molar-refractivity contribution is 0.490. The highest BCUT2D eigenvalue weighted by atomic mass is 32.2. The Kier molecular flexibility index (Phi) is 3.49. The summed E-state index contributed by atoms with van der Waals surface area (Å²) in [6.07, 6.45) is 1.46. The zero-order valence-corrected chi connectivity index (χ0v) is 8.15. The first kappa shape index (κ1) is 9.95. The molecule has 1 fully saturated rings. The zero-order chi connectivity index (χ0) is 9.03. The molecule has 0 atom stereocenters. The Hall–Kier alpha value is -0.130. The molecule has 2 N–H and O–H groups in total. The molecule has 0 saturated carbocycles. The molecule has 1 heterocycles. The summed E-state index contributed by atoms with van der Waals surface area (Å²) in [5.41, 5.74) is 0. The maximum Gasteiger partial charge on any atom is 0.214 e. The van der Waals surface area contributed by atoms with Gasteiger partial charge < -0.3 is 5.32 Å². The standard InChI is InChI=1S/C7H16N2O2S/c1-2-9-12(10,11)7-3-5-8-6-4-7/h7-9H,2-6H2,1H3. The van der Waals surface area contributed by atoms with Crippen LogP contribution in [0.3, 0.4) is 0 Å². The molecule has 1 saturated heterocycles. The van der Waals surface area contributed by atoms with Gasteiger partial charge in [0.2, 0.25) is 10.0 Å². The van der Waals surface area contributed by atoms with Crippen molar-refractivity contribution in [3.63, 3.8) is 0 Å². The molecule has 12 heavy (non-hydrogen) atoms. The molecule has 0 aromatic carbocycles. The normalized spacial score (nSPS) is 21.1. The van der Waals surface area contributed by atoms with Gasteiger partial charge in [-0.25, -0.2) is 13.1 Å². The molecule has 4 nitrogen and oxygen atoms in total. The summed E-state index contributed by atoms with van der Waals surface area (Å²) in [5.74, 6) is 0. The van der Waals surface area contributed by atoms with Crippen LogP contribution in [0.2, 0.25) is 0 Å². The number of rotatable bonds is 3. The maximum absolute atomic E-state index is 11.4. The van der Waals surface area contributed by atoms with E-state index in [1.807, 2.05) is 0 Å². The van der Waals surface area contributed by atoms with E-state index in [1.165, 1.54) is 0 Å². The Morgan fingerprint density at radius 2 is 2.00 bits per heavy atom. The number of hydrogen-bond donors (Lipinski definition) is 2. The lowest BCUT2D eigenvalue weighted by Gasteiger charge is -2.22. The smallest absolute Gasteiger partial charge is 0.214 e. The van der Waals surface area contributed by atoms with Crippen LogP contribution in [-0.4, -0.2) is 33.3 Å². The summed E-state index contributed by atoms with van der Waals surface area (Å²) >= 11 is 0. The van der Waals surface area contributed by atoms with E-state index in [1.54, 1.807) is 6.92 Å². The SMILES string of the molecule is CCNS(=O)(=O)C1CCNCC1. The summed E-state index contributed by atoms with van der Waals surface area (Å²) in [5, 5.41) is 2.95. The number of sulfonamides is 1. The van der Waals surface area contributed by atoms with Crippen LogP contribution in [-0.2, 0) is 10.0 Å². The van der Waals surface area contributed by atoms with Gasteiger partial charge in [-0.1, -0.05) is 6.92 Å². The van der Waals surface area contributed by atoms with Crippen molar-refractivity contribution in [2.75, 3.05) is 19.6 Å². The summed E-state index contributed by atoms with van der Waals surface area (Å²) in [6, 6.07) is 0. The fraction of sp³-hybridized carbons (Fsp3) is 1.00. The molecule has 0 aromatic heterocycles. The molecule has 1 aliphatic heterocycles. The van der Waals surface area contributed by atoms with Crippen molar-refractivity contribution in [3.05, 3.63) is 0 Å².